The van der Waals surface area contributed by atoms with Gasteiger partial charge in [0.2, 0.25) is 0 Å². The first-order valence-corrected chi connectivity index (χ1v) is 7.18. The topological polar surface area (TPSA) is 46.5 Å². The van der Waals surface area contributed by atoms with Crippen LogP contribution < -0.4 is 0 Å². The second kappa shape index (κ2) is 5.65. The molecule has 1 N–H and O–H groups in total. The number of pyridine rings is 1. The molecule has 0 radical (unpaired) electrons. The van der Waals surface area contributed by atoms with Gasteiger partial charge < -0.3 is 0 Å². The monoisotopic (exact) mass is 276 g/mol. The van der Waals surface area contributed by atoms with E-state index in [9.17, 15) is 0 Å². The summed E-state index contributed by atoms with van der Waals surface area (Å²) in [4.78, 5) is 4.39. The summed E-state index contributed by atoms with van der Waals surface area (Å²) >= 11 is 5.44. The Hall–Kier alpha value is -1.49. The number of aromatic nitrogens is 4. The summed E-state index contributed by atoms with van der Waals surface area (Å²) in [5.41, 5.74) is 0.867. The van der Waals surface area contributed by atoms with Gasteiger partial charge in [0.15, 0.2) is 10.6 Å². The molecule has 0 fully saturated rings. The third-order valence-electron chi connectivity index (χ3n) is 4.02. The zero-order valence-corrected chi connectivity index (χ0v) is 12.5. The van der Waals surface area contributed by atoms with Gasteiger partial charge >= 0.3 is 0 Å². The first-order valence-electron chi connectivity index (χ1n) is 6.77. The van der Waals surface area contributed by atoms with Crippen LogP contribution in [0.4, 0.5) is 0 Å². The minimum Gasteiger partial charge on any atom is -0.293 e. The van der Waals surface area contributed by atoms with Gasteiger partial charge in [-0.25, -0.2) is 0 Å². The van der Waals surface area contributed by atoms with Crippen molar-refractivity contribution in [3.05, 3.63) is 29.2 Å². The molecule has 19 heavy (non-hydrogen) atoms. The summed E-state index contributed by atoms with van der Waals surface area (Å²) in [5.74, 6) is 0.830. The maximum Gasteiger partial charge on any atom is 0.196 e. The van der Waals surface area contributed by atoms with E-state index >= 15 is 0 Å². The van der Waals surface area contributed by atoms with Gasteiger partial charge in [-0.15, -0.1) is 0 Å². The SMILES string of the molecule is CCC(CC)(CC)n1c(-c2ccccn2)n[nH]c1=S. The summed E-state index contributed by atoms with van der Waals surface area (Å²) in [6.45, 7) is 6.60. The summed E-state index contributed by atoms with van der Waals surface area (Å²) in [7, 11) is 0. The Bertz CT molecular complexity index is 573. The molecule has 0 aliphatic carbocycles. The van der Waals surface area contributed by atoms with Crippen LogP contribution in [0.15, 0.2) is 24.4 Å². The van der Waals surface area contributed by atoms with Crippen LogP contribution in [-0.4, -0.2) is 19.7 Å². The van der Waals surface area contributed by atoms with Crippen molar-refractivity contribution in [1.82, 2.24) is 19.7 Å². The third kappa shape index (κ3) is 2.34. The van der Waals surface area contributed by atoms with E-state index in [0.717, 1.165) is 30.8 Å². The van der Waals surface area contributed by atoms with Gasteiger partial charge in [-0.1, -0.05) is 26.8 Å². The Kier molecular flexibility index (Phi) is 4.14. The van der Waals surface area contributed by atoms with Crippen LogP contribution in [-0.2, 0) is 5.54 Å². The maximum atomic E-state index is 5.44. The molecule has 0 aliphatic rings. The molecular weight excluding hydrogens is 256 g/mol. The molecule has 4 nitrogen and oxygen atoms in total. The minimum atomic E-state index is 0.0109. The van der Waals surface area contributed by atoms with Gasteiger partial charge in [0.1, 0.15) is 5.69 Å². The Balaban J connectivity index is 2.65. The molecule has 2 aromatic rings. The van der Waals surface area contributed by atoms with E-state index in [1.165, 1.54) is 0 Å². The van der Waals surface area contributed by atoms with Crippen LogP contribution in [0.25, 0.3) is 11.5 Å². The van der Waals surface area contributed by atoms with Gasteiger partial charge in [-0.05, 0) is 43.6 Å². The van der Waals surface area contributed by atoms with Crippen molar-refractivity contribution in [3.63, 3.8) is 0 Å². The molecule has 0 bridgehead atoms. The van der Waals surface area contributed by atoms with Crippen molar-refractivity contribution in [3.8, 4) is 11.5 Å². The fourth-order valence-corrected chi connectivity index (χ4v) is 2.95. The lowest BCUT2D eigenvalue weighted by Crippen LogP contribution is -2.32. The largest absolute Gasteiger partial charge is 0.293 e. The van der Waals surface area contributed by atoms with E-state index in [1.807, 2.05) is 18.2 Å². The van der Waals surface area contributed by atoms with E-state index in [-0.39, 0.29) is 5.54 Å². The molecular formula is C14H20N4S. The predicted octanol–water partition coefficient (Wildman–Crippen LogP) is 3.93. The van der Waals surface area contributed by atoms with Crippen LogP contribution in [0.2, 0.25) is 0 Å². The second-order valence-corrected chi connectivity index (χ2v) is 5.07. The molecule has 0 aliphatic heterocycles. The van der Waals surface area contributed by atoms with E-state index < -0.39 is 0 Å². The Morgan fingerprint density at radius 3 is 2.42 bits per heavy atom. The number of nitrogens with one attached hydrogen (secondary N) is 1. The zero-order chi connectivity index (χ0) is 13.9. The van der Waals surface area contributed by atoms with Crippen molar-refractivity contribution < 1.29 is 0 Å². The van der Waals surface area contributed by atoms with Crippen molar-refractivity contribution in [2.24, 2.45) is 0 Å². The Labute approximate surface area is 118 Å². The molecule has 102 valence electrons. The summed E-state index contributed by atoms with van der Waals surface area (Å²) in [5, 5.41) is 7.30. The lowest BCUT2D eigenvalue weighted by Gasteiger charge is -2.33. The fraction of sp³-hybridized carbons (Fsp3) is 0.500. The molecule has 0 atom stereocenters. The molecule has 0 unspecified atom stereocenters. The number of rotatable bonds is 5. The standard InChI is InChI=1S/C14H20N4S/c1-4-14(5-2,6-3)18-12(16-17-13(18)19)11-9-7-8-10-15-11/h7-10H,4-6H2,1-3H3,(H,17,19). The quantitative estimate of drug-likeness (QED) is 0.842. The fourth-order valence-electron chi connectivity index (χ4n) is 2.63. The van der Waals surface area contributed by atoms with Crippen LogP contribution in [0.5, 0.6) is 0 Å². The highest BCUT2D eigenvalue weighted by atomic mass is 32.1. The Morgan fingerprint density at radius 2 is 1.89 bits per heavy atom. The average Bonchev–Trinajstić information content (AvgIpc) is 2.85. The normalized spacial score (nSPS) is 11.7. The van der Waals surface area contributed by atoms with Crippen molar-refractivity contribution in [2.75, 3.05) is 0 Å². The third-order valence-corrected chi connectivity index (χ3v) is 4.29. The first-order chi connectivity index (χ1) is 9.18. The van der Waals surface area contributed by atoms with Crippen LogP contribution in [0.1, 0.15) is 40.0 Å². The minimum absolute atomic E-state index is 0.0109. The number of hydrogen-bond donors (Lipinski definition) is 1. The van der Waals surface area contributed by atoms with Crippen molar-refractivity contribution in [2.45, 2.75) is 45.6 Å². The van der Waals surface area contributed by atoms with E-state index in [0.29, 0.717) is 4.77 Å². The molecule has 5 heteroatoms. The molecule has 0 saturated heterocycles. The molecule has 2 aromatic heterocycles. The first kappa shape index (κ1) is 13.9. The highest BCUT2D eigenvalue weighted by Crippen LogP contribution is 2.33. The second-order valence-electron chi connectivity index (χ2n) is 4.69. The van der Waals surface area contributed by atoms with Gasteiger partial charge in [0.25, 0.3) is 0 Å². The van der Waals surface area contributed by atoms with Crippen LogP contribution in [0, 0.1) is 4.77 Å². The molecule has 0 spiro atoms. The maximum absolute atomic E-state index is 5.44. The lowest BCUT2D eigenvalue weighted by molar-refractivity contribution is 0.250. The van der Waals surface area contributed by atoms with Gasteiger partial charge in [0, 0.05) is 11.7 Å². The number of H-pyrrole nitrogens is 1. The average molecular weight is 276 g/mol. The summed E-state index contributed by atoms with van der Waals surface area (Å²) in [6, 6.07) is 5.84. The van der Waals surface area contributed by atoms with Gasteiger partial charge in [-0.3, -0.25) is 14.6 Å². The highest BCUT2D eigenvalue weighted by Gasteiger charge is 2.30. The van der Waals surface area contributed by atoms with E-state index in [1.54, 1.807) is 6.20 Å². The lowest BCUT2D eigenvalue weighted by atomic mass is 9.89. The smallest absolute Gasteiger partial charge is 0.196 e. The molecule has 0 aromatic carbocycles. The van der Waals surface area contributed by atoms with E-state index in [4.69, 9.17) is 12.2 Å². The molecule has 0 saturated carbocycles. The number of hydrogen-bond acceptors (Lipinski definition) is 3. The number of aromatic amines is 1. The number of nitrogens with zero attached hydrogens (tertiary/aromatic N) is 3. The Morgan fingerprint density at radius 1 is 1.21 bits per heavy atom. The van der Waals surface area contributed by atoms with Crippen LogP contribution >= 0.6 is 12.2 Å². The van der Waals surface area contributed by atoms with E-state index in [2.05, 4.69) is 40.5 Å². The van der Waals surface area contributed by atoms with Gasteiger partial charge in [0.05, 0.1) is 0 Å². The highest BCUT2D eigenvalue weighted by molar-refractivity contribution is 7.71. The van der Waals surface area contributed by atoms with Gasteiger partial charge in [-0.2, -0.15) is 5.10 Å². The summed E-state index contributed by atoms with van der Waals surface area (Å²) < 4.78 is 2.82. The molecule has 2 heterocycles. The van der Waals surface area contributed by atoms with Crippen molar-refractivity contribution in [1.29, 1.82) is 0 Å². The predicted molar refractivity (Wildman–Crippen MR) is 79.5 cm³/mol. The molecule has 0 amide bonds. The summed E-state index contributed by atoms with van der Waals surface area (Å²) in [6.07, 6.45) is 4.85. The van der Waals surface area contributed by atoms with Crippen LogP contribution in [0.3, 0.4) is 0 Å². The molecule has 2 rings (SSSR count). The van der Waals surface area contributed by atoms with Crippen molar-refractivity contribution >= 4 is 12.2 Å². The zero-order valence-electron chi connectivity index (χ0n) is 11.7.